The molecule has 6 nitrogen and oxygen atoms in total. The third-order valence-electron chi connectivity index (χ3n) is 5.36. The highest BCUT2D eigenvalue weighted by molar-refractivity contribution is 5.87. The van der Waals surface area contributed by atoms with Crippen LogP contribution in [0.3, 0.4) is 0 Å². The average molecular weight is 373 g/mol. The molecule has 146 valence electrons. The van der Waals surface area contributed by atoms with Gasteiger partial charge in [-0.15, -0.1) is 0 Å². The Labute approximate surface area is 160 Å². The number of carbonyl (C=O) groups excluding carboxylic acids is 1. The number of piperazine rings is 1. The van der Waals surface area contributed by atoms with E-state index in [0.717, 1.165) is 50.1 Å². The lowest BCUT2D eigenvalue weighted by Crippen LogP contribution is -3.28. The van der Waals surface area contributed by atoms with E-state index in [1.54, 1.807) is 13.2 Å². The molecule has 1 saturated heterocycles. The number of amides is 1. The molecule has 0 saturated carbocycles. The number of benzene rings is 2. The Bertz CT molecular complexity index is 757. The third-order valence-corrected chi connectivity index (χ3v) is 5.36. The van der Waals surface area contributed by atoms with Crippen molar-refractivity contribution in [3.8, 4) is 5.75 Å². The van der Waals surface area contributed by atoms with Crippen LogP contribution in [0.15, 0.2) is 36.4 Å². The molecule has 1 aliphatic heterocycles. The van der Waals surface area contributed by atoms with Crippen molar-refractivity contribution in [2.24, 2.45) is 0 Å². The van der Waals surface area contributed by atoms with E-state index >= 15 is 0 Å². The van der Waals surface area contributed by atoms with Crippen molar-refractivity contribution < 1.29 is 24.4 Å². The molecule has 3 rings (SSSR count). The number of hydrogen-bond donors (Lipinski definition) is 4. The van der Waals surface area contributed by atoms with Gasteiger partial charge in [0, 0.05) is 20.3 Å². The molecule has 0 radical (unpaired) electrons. The van der Waals surface area contributed by atoms with Gasteiger partial charge in [-0.1, -0.05) is 30.3 Å². The van der Waals surface area contributed by atoms with Gasteiger partial charge in [-0.2, -0.15) is 0 Å². The van der Waals surface area contributed by atoms with Crippen LogP contribution in [0.4, 0.5) is 0 Å². The Morgan fingerprint density at radius 3 is 2.63 bits per heavy atom. The maximum atomic E-state index is 12.0. The quantitative estimate of drug-likeness (QED) is 0.448. The van der Waals surface area contributed by atoms with Gasteiger partial charge in [0.05, 0.1) is 5.56 Å². The van der Waals surface area contributed by atoms with Gasteiger partial charge in [0.2, 0.25) is 0 Å². The second-order valence-electron chi connectivity index (χ2n) is 7.33. The molecule has 2 aromatic rings. The summed E-state index contributed by atoms with van der Waals surface area (Å²) in [5.74, 6) is 0.502. The fraction of sp³-hybridized carbons (Fsp3) is 0.476. The number of quaternary nitrogens is 2. The van der Waals surface area contributed by atoms with Crippen LogP contribution in [0.1, 0.15) is 12.0 Å². The van der Waals surface area contributed by atoms with Crippen LogP contribution in [-0.4, -0.2) is 64.0 Å². The van der Waals surface area contributed by atoms with Crippen LogP contribution in [0.25, 0.3) is 10.8 Å². The summed E-state index contributed by atoms with van der Waals surface area (Å²) in [6, 6.07) is 12.0. The summed E-state index contributed by atoms with van der Waals surface area (Å²) < 4.78 is 4.99. The van der Waals surface area contributed by atoms with Crippen LogP contribution < -0.4 is 15.1 Å². The van der Waals surface area contributed by atoms with Gasteiger partial charge < -0.3 is 25.0 Å². The highest BCUT2D eigenvalue weighted by Crippen LogP contribution is 2.26. The number of rotatable bonds is 8. The van der Waals surface area contributed by atoms with Gasteiger partial charge in [0.25, 0.3) is 5.91 Å². The number of phenols is 1. The number of methoxy groups -OCH3 is 1. The van der Waals surface area contributed by atoms with Gasteiger partial charge in [0.15, 0.2) is 6.54 Å². The van der Waals surface area contributed by atoms with E-state index in [1.807, 2.05) is 18.2 Å². The molecule has 0 unspecified atom stereocenters. The van der Waals surface area contributed by atoms with Gasteiger partial charge >= 0.3 is 0 Å². The van der Waals surface area contributed by atoms with Crippen molar-refractivity contribution in [2.75, 3.05) is 53.0 Å². The highest BCUT2D eigenvalue weighted by atomic mass is 16.5. The Morgan fingerprint density at radius 1 is 1.11 bits per heavy atom. The molecule has 0 bridgehead atoms. The van der Waals surface area contributed by atoms with Crippen molar-refractivity contribution in [1.82, 2.24) is 5.32 Å². The first-order chi connectivity index (χ1) is 13.2. The van der Waals surface area contributed by atoms with Gasteiger partial charge in [-0.25, -0.2) is 0 Å². The number of phenolic OH excluding ortho intramolecular Hbond substituents is 1. The predicted molar refractivity (Wildman–Crippen MR) is 105 cm³/mol. The van der Waals surface area contributed by atoms with Crippen LogP contribution in [0.5, 0.6) is 5.75 Å². The van der Waals surface area contributed by atoms with Crippen LogP contribution in [-0.2, 0) is 16.1 Å². The van der Waals surface area contributed by atoms with Crippen molar-refractivity contribution >= 4 is 16.7 Å². The molecule has 0 atom stereocenters. The first kappa shape index (κ1) is 19.6. The van der Waals surface area contributed by atoms with E-state index in [1.165, 1.54) is 15.2 Å². The van der Waals surface area contributed by atoms with Gasteiger partial charge in [0.1, 0.15) is 38.5 Å². The number of carbonyl (C=O) groups is 1. The standard InChI is InChI=1S/C21H29N3O3/c1-27-14-4-9-22-21(26)16-24-12-10-23(11-13-24)15-19-18-6-3-2-5-17(18)7-8-20(19)25/h2-3,5-8,25H,4,9-16H2,1H3,(H,22,26)/p+2. The van der Waals surface area contributed by atoms with Crippen molar-refractivity contribution in [3.63, 3.8) is 0 Å². The Kier molecular flexibility index (Phi) is 7.04. The van der Waals surface area contributed by atoms with Gasteiger partial charge in [-0.3, -0.25) is 4.79 Å². The molecule has 1 fully saturated rings. The molecule has 4 N–H and O–H groups in total. The fourth-order valence-electron chi connectivity index (χ4n) is 3.80. The minimum Gasteiger partial charge on any atom is -0.507 e. The first-order valence-electron chi connectivity index (χ1n) is 9.79. The summed E-state index contributed by atoms with van der Waals surface area (Å²) in [5, 5.41) is 15.6. The van der Waals surface area contributed by atoms with E-state index in [-0.39, 0.29) is 5.91 Å². The van der Waals surface area contributed by atoms with Crippen molar-refractivity contribution in [3.05, 3.63) is 42.0 Å². The largest absolute Gasteiger partial charge is 0.507 e. The van der Waals surface area contributed by atoms with Crippen LogP contribution in [0, 0.1) is 0 Å². The van der Waals surface area contributed by atoms with Crippen LogP contribution in [0.2, 0.25) is 0 Å². The summed E-state index contributed by atoms with van der Waals surface area (Å²) >= 11 is 0. The second kappa shape index (κ2) is 9.69. The number of ether oxygens (including phenoxy) is 1. The summed E-state index contributed by atoms with van der Waals surface area (Å²) in [7, 11) is 1.67. The van der Waals surface area contributed by atoms with E-state index in [2.05, 4.69) is 17.4 Å². The molecule has 2 aromatic carbocycles. The molecule has 6 heteroatoms. The van der Waals surface area contributed by atoms with E-state index < -0.39 is 0 Å². The number of aromatic hydroxyl groups is 1. The molecule has 1 aliphatic rings. The second-order valence-corrected chi connectivity index (χ2v) is 7.33. The summed E-state index contributed by atoms with van der Waals surface area (Å²) in [4.78, 5) is 14.8. The Morgan fingerprint density at radius 2 is 1.85 bits per heavy atom. The van der Waals surface area contributed by atoms with E-state index in [4.69, 9.17) is 4.74 Å². The topological polar surface area (TPSA) is 67.4 Å². The van der Waals surface area contributed by atoms with E-state index in [9.17, 15) is 9.90 Å². The summed E-state index contributed by atoms with van der Waals surface area (Å²) in [6.07, 6.45) is 0.851. The highest BCUT2D eigenvalue weighted by Gasteiger charge is 2.26. The summed E-state index contributed by atoms with van der Waals surface area (Å²) in [5.41, 5.74) is 1.03. The van der Waals surface area contributed by atoms with E-state index in [0.29, 0.717) is 25.4 Å². The minimum absolute atomic E-state index is 0.122. The van der Waals surface area contributed by atoms with Crippen molar-refractivity contribution in [2.45, 2.75) is 13.0 Å². The molecular weight excluding hydrogens is 342 g/mol. The lowest BCUT2D eigenvalue weighted by Gasteiger charge is -2.29. The number of fused-ring (bicyclic) bond motifs is 1. The lowest BCUT2D eigenvalue weighted by molar-refractivity contribution is -1.02. The Hall–Kier alpha value is -2.15. The zero-order valence-corrected chi connectivity index (χ0v) is 16.1. The first-order valence-corrected chi connectivity index (χ1v) is 9.79. The monoisotopic (exact) mass is 373 g/mol. The molecule has 0 aliphatic carbocycles. The lowest BCUT2D eigenvalue weighted by atomic mass is 10.0. The molecule has 27 heavy (non-hydrogen) atoms. The smallest absolute Gasteiger partial charge is 0.275 e. The van der Waals surface area contributed by atoms with Crippen molar-refractivity contribution in [1.29, 1.82) is 0 Å². The zero-order chi connectivity index (χ0) is 19.1. The SMILES string of the molecule is COCCCNC(=O)C[NH+]1CC[NH+](Cc2c(O)ccc3ccccc23)CC1. The summed E-state index contributed by atoms with van der Waals surface area (Å²) in [6.45, 7) is 6.69. The average Bonchev–Trinajstić information content (AvgIpc) is 2.69. The Balaban J connectivity index is 1.49. The normalized spacial score (nSPS) is 19.9. The zero-order valence-electron chi connectivity index (χ0n) is 16.1. The number of nitrogens with one attached hydrogen (secondary N) is 3. The molecule has 1 heterocycles. The third kappa shape index (κ3) is 5.42. The maximum Gasteiger partial charge on any atom is 0.275 e. The minimum atomic E-state index is 0.122. The fourth-order valence-corrected chi connectivity index (χ4v) is 3.80. The van der Waals surface area contributed by atoms with Crippen LogP contribution >= 0.6 is 0 Å². The molecule has 1 amide bonds. The number of hydrogen-bond acceptors (Lipinski definition) is 3. The van der Waals surface area contributed by atoms with Gasteiger partial charge in [-0.05, 0) is 23.3 Å². The predicted octanol–water partition coefficient (Wildman–Crippen LogP) is -1.02. The molecule has 0 aromatic heterocycles. The molecular formula is C21H31N3O3+2. The molecule has 0 spiro atoms. The maximum absolute atomic E-state index is 12.0.